The van der Waals surface area contributed by atoms with Crippen LogP contribution in [0.5, 0.6) is 0 Å². The van der Waals surface area contributed by atoms with E-state index in [4.69, 9.17) is 16.3 Å². The number of hydrogen-bond donors (Lipinski definition) is 1. The first-order valence-corrected chi connectivity index (χ1v) is 8.95. The van der Waals surface area contributed by atoms with E-state index in [1.165, 1.54) is 0 Å². The molecule has 1 amide bonds. The number of nitrogens with zero attached hydrogens (tertiary/aromatic N) is 2. The van der Waals surface area contributed by atoms with Crippen LogP contribution >= 0.6 is 11.6 Å². The maximum Gasteiger partial charge on any atom is 0.342 e. The van der Waals surface area contributed by atoms with Crippen molar-refractivity contribution >= 4 is 23.5 Å². The summed E-state index contributed by atoms with van der Waals surface area (Å²) in [4.78, 5) is 24.2. The highest BCUT2D eigenvalue weighted by atomic mass is 35.5. The first-order valence-electron chi connectivity index (χ1n) is 8.57. The fraction of sp³-hybridized carbons (Fsp3) is 0.421. The minimum atomic E-state index is -0.551. The molecule has 0 spiro atoms. The number of benzene rings is 1. The molecule has 0 unspecified atom stereocenters. The number of carbonyl (C=O) groups excluding carboxylic acids is 2. The second-order valence-corrected chi connectivity index (χ2v) is 6.66. The zero-order chi connectivity index (χ0) is 19.3. The quantitative estimate of drug-likeness (QED) is 0.751. The predicted octanol–water partition coefficient (Wildman–Crippen LogP) is 3.27. The van der Waals surface area contributed by atoms with Crippen LogP contribution in [0.2, 0.25) is 5.02 Å². The fourth-order valence-corrected chi connectivity index (χ4v) is 2.75. The molecule has 0 radical (unpaired) electrons. The summed E-state index contributed by atoms with van der Waals surface area (Å²) in [5, 5.41) is 7.82. The summed E-state index contributed by atoms with van der Waals surface area (Å²) in [6.45, 7) is 7.55. The van der Waals surface area contributed by atoms with Gasteiger partial charge in [0.25, 0.3) is 5.91 Å². The Morgan fingerprint density at radius 1 is 1.31 bits per heavy atom. The number of amides is 1. The Bertz CT molecular complexity index is 801. The van der Waals surface area contributed by atoms with Crippen LogP contribution in [-0.4, -0.2) is 34.3 Å². The second kappa shape index (κ2) is 8.85. The van der Waals surface area contributed by atoms with Gasteiger partial charge >= 0.3 is 5.97 Å². The number of rotatable bonds is 7. The molecule has 140 valence electrons. The van der Waals surface area contributed by atoms with Crippen LogP contribution < -0.4 is 5.32 Å². The molecule has 1 heterocycles. The molecule has 0 bridgehead atoms. The predicted molar refractivity (Wildman–Crippen MR) is 100 cm³/mol. The summed E-state index contributed by atoms with van der Waals surface area (Å²) in [6.07, 6.45) is 0.812. The van der Waals surface area contributed by atoms with Crippen molar-refractivity contribution in [1.82, 2.24) is 15.1 Å². The van der Waals surface area contributed by atoms with Crippen molar-refractivity contribution in [1.29, 1.82) is 0 Å². The summed E-state index contributed by atoms with van der Waals surface area (Å²) < 4.78 is 6.87. The molecule has 26 heavy (non-hydrogen) atoms. The highest BCUT2D eigenvalue weighted by Crippen LogP contribution is 2.20. The molecular weight excluding hydrogens is 354 g/mol. The van der Waals surface area contributed by atoms with Crippen molar-refractivity contribution in [2.75, 3.05) is 6.61 Å². The Morgan fingerprint density at radius 3 is 2.65 bits per heavy atom. The Balaban J connectivity index is 2.08. The van der Waals surface area contributed by atoms with E-state index in [0.717, 1.165) is 12.0 Å². The Kier molecular flexibility index (Phi) is 6.80. The molecule has 1 atom stereocenters. The number of esters is 1. The van der Waals surface area contributed by atoms with E-state index in [2.05, 4.69) is 10.4 Å². The smallest absolute Gasteiger partial charge is 0.342 e. The van der Waals surface area contributed by atoms with E-state index in [1.54, 1.807) is 18.5 Å². The third kappa shape index (κ3) is 4.85. The van der Waals surface area contributed by atoms with Crippen molar-refractivity contribution in [3.63, 3.8) is 0 Å². The van der Waals surface area contributed by atoms with Crippen molar-refractivity contribution in [2.24, 2.45) is 0 Å². The van der Waals surface area contributed by atoms with Gasteiger partial charge in [0.1, 0.15) is 5.56 Å². The molecule has 0 aliphatic carbocycles. The lowest BCUT2D eigenvalue weighted by Gasteiger charge is -2.11. The lowest BCUT2D eigenvalue weighted by atomic mass is 10.2. The van der Waals surface area contributed by atoms with E-state index < -0.39 is 5.97 Å². The molecule has 0 saturated heterocycles. The molecule has 0 aliphatic heterocycles. The van der Waals surface area contributed by atoms with Crippen molar-refractivity contribution in [3.05, 3.63) is 51.8 Å². The normalized spacial score (nSPS) is 11.9. The van der Waals surface area contributed by atoms with Crippen LogP contribution in [0.15, 0.2) is 24.3 Å². The van der Waals surface area contributed by atoms with E-state index >= 15 is 0 Å². The minimum Gasteiger partial charge on any atom is -0.452 e. The van der Waals surface area contributed by atoms with E-state index in [1.807, 2.05) is 38.1 Å². The van der Waals surface area contributed by atoms with E-state index in [9.17, 15) is 9.59 Å². The molecule has 0 saturated carbocycles. The molecular formula is C19H24ClN3O3. The summed E-state index contributed by atoms with van der Waals surface area (Å²) in [7, 11) is 0. The fourth-order valence-electron chi connectivity index (χ4n) is 2.56. The van der Waals surface area contributed by atoms with Gasteiger partial charge in [-0.2, -0.15) is 5.10 Å². The molecule has 2 aromatic rings. The lowest BCUT2D eigenvalue weighted by Crippen LogP contribution is -2.35. The lowest BCUT2D eigenvalue weighted by molar-refractivity contribution is -0.124. The maximum absolute atomic E-state index is 12.4. The molecule has 1 aromatic heterocycles. The van der Waals surface area contributed by atoms with Gasteiger partial charge < -0.3 is 10.1 Å². The van der Waals surface area contributed by atoms with Crippen molar-refractivity contribution in [3.8, 4) is 0 Å². The third-order valence-electron chi connectivity index (χ3n) is 4.22. The van der Waals surface area contributed by atoms with Gasteiger partial charge in [-0.05, 0) is 38.8 Å². The number of nitrogens with one attached hydrogen (secondary N) is 1. The van der Waals surface area contributed by atoms with Gasteiger partial charge in [-0.25, -0.2) is 4.79 Å². The average molecular weight is 378 g/mol. The number of hydrogen-bond acceptors (Lipinski definition) is 4. The van der Waals surface area contributed by atoms with Crippen LogP contribution in [0.4, 0.5) is 0 Å². The van der Waals surface area contributed by atoms with Gasteiger partial charge in [-0.15, -0.1) is 0 Å². The number of aryl methyl sites for hydroxylation is 1. The third-order valence-corrected chi connectivity index (χ3v) is 4.59. The van der Waals surface area contributed by atoms with Crippen LogP contribution in [0, 0.1) is 13.8 Å². The van der Waals surface area contributed by atoms with E-state index in [-0.39, 0.29) is 18.6 Å². The zero-order valence-corrected chi connectivity index (χ0v) is 16.3. The van der Waals surface area contributed by atoms with Gasteiger partial charge in [0, 0.05) is 11.1 Å². The molecule has 0 aliphatic rings. The summed E-state index contributed by atoms with van der Waals surface area (Å²) in [5.74, 6) is -0.865. The number of aromatic nitrogens is 2. The molecule has 1 N–H and O–H groups in total. The van der Waals surface area contributed by atoms with Crippen LogP contribution in [0.1, 0.15) is 47.6 Å². The Morgan fingerprint density at radius 2 is 2.00 bits per heavy atom. The first-order chi connectivity index (χ1) is 12.3. The topological polar surface area (TPSA) is 73.2 Å². The van der Waals surface area contributed by atoms with Gasteiger partial charge in [0.15, 0.2) is 6.61 Å². The van der Waals surface area contributed by atoms with Gasteiger partial charge in [-0.1, -0.05) is 36.7 Å². The summed E-state index contributed by atoms with van der Waals surface area (Å²) in [5.41, 5.74) is 2.53. The Labute approximate surface area is 158 Å². The maximum atomic E-state index is 12.4. The molecule has 1 aromatic carbocycles. The highest BCUT2D eigenvalue weighted by Gasteiger charge is 2.21. The van der Waals surface area contributed by atoms with E-state index in [0.29, 0.717) is 28.5 Å². The molecule has 6 nitrogen and oxygen atoms in total. The van der Waals surface area contributed by atoms with Gasteiger partial charge in [0.05, 0.1) is 17.9 Å². The highest BCUT2D eigenvalue weighted by molar-refractivity contribution is 6.31. The SMILES string of the molecule is CC[C@@H](C)NC(=O)COC(=O)c1c(C)nn(Cc2ccccc2Cl)c1C. The van der Waals surface area contributed by atoms with Gasteiger partial charge in [0.2, 0.25) is 0 Å². The van der Waals surface area contributed by atoms with Crippen LogP contribution in [-0.2, 0) is 16.1 Å². The largest absolute Gasteiger partial charge is 0.452 e. The number of halogens is 1. The van der Waals surface area contributed by atoms with Crippen LogP contribution in [0.3, 0.4) is 0 Å². The van der Waals surface area contributed by atoms with Crippen molar-refractivity contribution in [2.45, 2.75) is 46.7 Å². The first kappa shape index (κ1) is 20.0. The Hall–Kier alpha value is -2.34. The molecule has 0 fully saturated rings. The van der Waals surface area contributed by atoms with Crippen molar-refractivity contribution < 1.29 is 14.3 Å². The molecule has 7 heteroatoms. The number of carbonyl (C=O) groups is 2. The second-order valence-electron chi connectivity index (χ2n) is 6.25. The molecule has 2 rings (SSSR count). The number of ether oxygens (including phenoxy) is 1. The average Bonchev–Trinajstić information content (AvgIpc) is 2.88. The van der Waals surface area contributed by atoms with Crippen LogP contribution in [0.25, 0.3) is 0 Å². The van der Waals surface area contributed by atoms with Gasteiger partial charge in [-0.3, -0.25) is 9.48 Å². The monoisotopic (exact) mass is 377 g/mol. The minimum absolute atomic E-state index is 0.0445. The summed E-state index contributed by atoms with van der Waals surface area (Å²) in [6, 6.07) is 7.53. The zero-order valence-electron chi connectivity index (χ0n) is 15.5. The summed E-state index contributed by atoms with van der Waals surface area (Å²) >= 11 is 6.20. The standard InChI is InChI=1S/C19H24ClN3O3/c1-5-12(2)21-17(24)11-26-19(25)18-13(3)22-23(14(18)4)10-15-8-6-7-9-16(15)20/h6-9,12H,5,10-11H2,1-4H3,(H,21,24)/t12-/m1/s1.